The molecule has 5 heteroatoms. The van der Waals surface area contributed by atoms with Gasteiger partial charge in [-0.1, -0.05) is 36.4 Å². The Hall–Kier alpha value is -1.85. The van der Waals surface area contributed by atoms with Crippen LogP contribution >= 0.6 is 0 Å². The van der Waals surface area contributed by atoms with Crippen LogP contribution in [0.15, 0.2) is 43.0 Å². The van der Waals surface area contributed by atoms with Gasteiger partial charge < -0.3 is 20.8 Å². The van der Waals surface area contributed by atoms with E-state index in [9.17, 15) is 9.90 Å². The summed E-state index contributed by atoms with van der Waals surface area (Å²) < 4.78 is 0. The molecule has 5 nitrogen and oxygen atoms in total. The lowest BCUT2D eigenvalue weighted by Crippen LogP contribution is -2.48. The van der Waals surface area contributed by atoms with Crippen molar-refractivity contribution in [2.45, 2.75) is 18.6 Å². The molecule has 0 fully saturated rings. The molecule has 4 N–H and O–H groups in total. The van der Waals surface area contributed by atoms with Crippen molar-refractivity contribution in [3.63, 3.8) is 0 Å². The van der Waals surface area contributed by atoms with Crippen molar-refractivity contribution in [2.24, 2.45) is 0 Å². The van der Waals surface area contributed by atoms with Gasteiger partial charge in [-0.3, -0.25) is 0 Å². The van der Waals surface area contributed by atoms with Crippen LogP contribution in [0.5, 0.6) is 0 Å². The second kappa shape index (κ2) is 8.29. The highest BCUT2D eigenvalue weighted by molar-refractivity contribution is 5.65. The molecule has 1 aromatic carbocycles. The number of hydrogen-bond donors (Lipinski definition) is 4. The zero-order valence-corrected chi connectivity index (χ0v) is 10.7. The summed E-state index contributed by atoms with van der Waals surface area (Å²) in [7, 11) is 0. The van der Waals surface area contributed by atoms with Crippen LogP contribution in [0.3, 0.4) is 0 Å². The zero-order valence-electron chi connectivity index (χ0n) is 10.7. The molecule has 0 bridgehead atoms. The van der Waals surface area contributed by atoms with E-state index < -0.39 is 18.2 Å². The molecule has 104 valence electrons. The number of nitrogens with one attached hydrogen (secondary N) is 2. The average molecular weight is 264 g/mol. The number of amides is 1. The first-order chi connectivity index (χ1) is 9.13. The molecule has 19 heavy (non-hydrogen) atoms. The lowest BCUT2D eigenvalue weighted by Gasteiger charge is -2.23. The molecule has 0 saturated carbocycles. The van der Waals surface area contributed by atoms with Gasteiger partial charge in [-0.2, -0.15) is 0 Å². The summed E-state index contributed by atoms with van der Waals surface area (Å²) in [4.78, 5) is 10.8. The Morgan fingerprint density at radius 3 is 2.63 bits per heavy atom. The highest BCUT2D eigenvalue weighted by atomic mass is 16.4. The summed E-state index contributed by atoms with van der Waals surface area (Å²) in [6.45, 7) is 4.45. The van der Waals surface area contributed by atoms with Crippen molar-refractivity contribution in [3.8, 4) is 0 Å². The quantitative estimate of drug-likeness (QED) is 0.417. The van der Waals surface area contributed by atoms with E-state index in [2.05, 4.69) is 17.2 Å². The summed E-state index contributed by atoms with van der Waals surface area (Å²) in [6, 6.07) is 8.93. The van der Waals surface area contributed by atoms with Crippen LogP contribution in [0.25, 0.3) is 0 Å². The Labute approximate surface area is 113 Å². The van der Waals surface area contributed by atoms with Gasteiger partial charge in [0.2, 0.25) is 0 Å². The summed E-state index contributed by atoms with van der Waals surface area (Å²) in [5.41, 5.74) is 0.976. The van der Waals surface area contributed by atoms with Crippen LogP contribution in [-0.2, 0) is 6.42 Å². The largest absolute Gasteiger partial charge is 0.465 e. The fourth-order valence-corrected chi connectivity index (χ4v) is 1.79. The summed E-state index contributed by atoms with van der Waals surface area (Å²) in [5, 5.41) is 24.2. The lowest BCUT2D eigenvalue weighted by molar-refractivity contribution is 0.119. The number of aliphatic hydroxyl groups is 1. The van der Waals surface area contributed by atoms with E-state index >= 15 is 0 Å². The summed E-state index contributed by atoms with van der Waals surface area (Å²) in [6.07, 6.45) is 0.202. The van der Waals surface area contributed by atoms with E-state index in [-0.39, 0.29) is 0 Å². The first-order valence-electron chi connectivity index (χ1n) is 6.16. The molecule has 0 saturated heterocycles. The monoisotopic (exact) mass is 264 g/mol. The number of benzene rings is 1. The van der Waals surface area contributed by atoms with E-state index in [1.165, 1.54) is 0 Å². The molecular weight excluding hydrogens is 244 g/mol. The Morgan fingerprint density at radius 1 is 1.37 bits per heavy atom. The molecule has 1 aromatic rings. The molecule has 0 aliphatic heterocycles. The average Bonchev–Trinajstić information content (AvgIpc) is 2.39. The van der Waals surface area contributed by atoms with E-state index in [1.807, 2.05) is 30.3 Å². The SMILES string of the molecule is C=CCNCC(O)C(Cc1ccccc1)NC(=O)O. The van der Waals surface area contributed by atoms with E-state index in [4.69, 9.17) is 5.11 Å². The van der Waals surface area contributed by atoms with Crippen LogP contribution in [0.4, 0.5) is 4.79 Å². The van der Waals surface area contributed by atoms with E-state index in [1.54, 1.807) is 6.08 Å². The first kappa shape index (κ1) is 15.2. The van der Waals surface area contributed by atoms with Gasteiger partial charge in [-0.15, -0.1) is 6.58 Å². The third kappa shape index (κ3) is 6.03. The van der Waals surface area contributed by atoms with Crippen molar-refractivity contribution in [3.05, 3.63) is 48.6 Å². The molecule has 0 aromatic heterocycles. The van der Waals surface area contributed by atoms with Gasteiger partial charge in [0.15, 0.2) is 0 Å². The van der Waals surface area contributed by atoms with Gasteiger partial charge in [0.1, 0.15) is 0 Å². The third-order valence-electron chi connectivity index (χ3n) is 2.71. The zero-order chi connectivity index (χ0) is 14.1. The molecule has 2 unspecified atom stereocenters. The van der Waals surface area contributed by atoms with Gasteiger partial charge in [0.05, 0.1) is 12.1 Å². The topological polar surface area (TPSA) is 81.6 Å². The molecule has 1 amide bonds. The van der Waals surface area contributed by atoms with Crippen LogP contribution < -0.4 is 10.6 Å². The highest BCUT2D eigenvalue weighted by Crippen LogP contribution is 2.06. The number of hydrogen-bond acceptors (Lipinski definition) is 3. The molecule has 0 heterocycles. The van der Waals surface area contributed by atoms with Crippen molar-refractivity contribution in [2.75, 3.05) is 13.1 Å². The van der Waals surface area contributed by atoms with Crippen molar-refractivity contribution in [1.82, 2.24) is 10.6 Å². The lowest BCUT2D eigenvalue weighted by atomic mass is 10.0. The summed E-state index contributed by atoms with van der Waals surface area (Å²) in [5.74, 6) is 0. The van der Waals surface area contributed by atoms with Gasteiger partial charge in [0, 0.05) is 13.1 Å². The molecule has 0 aliphatic carbocycles. The molecule has 0 spiro atoms. The van der Waals surface area contributed by atoms with Crippen molar-refractivity contribution < 1.29 is 15.0 Å². The maximum atomic E-state index is 10.8. The number of aliphatic hydroxyl groups excluding tert-OH is 1. The number of carboxylic acid groups (broad SMARTS) is 1. The van der Waals surface area contributed by atoms with Gasteiger partial charge in [-0.25, -0.2) is 4.79 Å². The minimum absolute atomic E-state index is 0.309. The van der Waals surface area contributed by atoms with Gasteiger partial charge >= 0.3 is 6.09 Å². The standard InChI is InChI=1S/C14H20N2O3/c1-2-8-15-10-13(17)12(16-14(18)19)9-11-6-4-3-5-7-11/h2-7,12-13,15-17H,1,8-10H2,(H,18,19). The van der Waals surface area contributed by atoms with Crippen LogP contribution in [-0.4, -0.2) is 41.5 Å². The predicted octanol–water partition coefficient (Wildman–Crippen LogP) is 1.00. The molecule has 1 rings (SSSR count). The maximum absolute atomic E-state index is 10.8. The molecule has 0 aliphatic rings. The van der Waals surface area contributed by atoms with E-state index in [0.29, 0.717) is 19.5 Å². The van der Waals surface area contributed by atoms with E-state index in [0.717, 1.165) is 5.56 Å². The molecular formula is C14H20N2O3. The van der Waals surface area contributed by atoms with Gasteiger partial charge in [0.25, 0.3) is 0 Å². The second-order valence-electron chi connectivity index (χ2n) is 4.26. The smallest absolute Gasteiger partial charge is 0.404 e. The minimum Gasteiger partial charge on any atom is -0.465 e. The Morgan fingerprint density at radius 2 is 2.05 bits per heavy atom. The number of carbonyl (C=O) groups is 1. The highest BCUT2D eigenvalue weighted by Gasteiger charge is 2.21. The second-order valence-corrected chi connectivity index (χ2v) is 4.26. The minimum atomic E-state index is -1.14. The fraction of sp³-hybridized carbons (Fsp3) is 0.357. The first-order valence-corrected chi connectivity index (χ1v) is 6.16. The van der Waals surface area contributed by atoms with Crippen molar-refractivity contribution in [1.29, 1.82) is 0 Å². The maximum Gasteiger partial charge on any atom is 0.404 e. The van der Waals surface area contributed by atoms with Crippen LogP contribution in [0.1, 0.15) is 5.56 Å². The Balaban J connectivity index is 2.60. The normalized spacial score (nSPS) is 13.5. The Bertz CT molecular complexity index is 395. The van der Waals surface area contributed by atoms with Gasteiger partial charge in [-0.05, 0) is 12.0 Å². The number of rotatable bonds is 8. The molecule has 2 atom stereocenters. The fourth-order valence-electron chi connectivity index (χ4n) is 1.79. The Kier molecular flexibility index (Phi) is 6.63. The summed E-state index contributed by atoms with van der Waals surface area (Å²) >= 11 is 0. The molecule has 0 radical (unpaired) electrons. The van der Waals surface area contributed by atoms with Crippen LogP contribution in [0, 0.1) is 0 Å². The van der Waals surface area contributed by atoms with Crippen LogP contribution in [0.2, 0.25) is 0 Å². The predicted molar refractivity (Wildman–Crippen MR) is 74.2 cm³/mol. The third-order valence-corrected chi connectivity index (χ3v) is 2.71. The van der Waals surface area contributed by atoms with Crippen molar-refractivity contribution >= 4 is 6.09 Å².